The number of nitrogens with zero attached hydrogens (tertiary/aromatic N) is 1. The van der Waals surface area contributed by atoms with Gasteiger partial charge in [0.05, 0.1) is 4.92 Å². The Morgan fingerprint density at radius 1 is 1.53 bits per heavy atom. The molecule has 0 amide bonds. The van der Waals surface area contributed by atoms with E-state index in [1.807, 2.05) is 6.92 Å². The Morgan fingerprint density at radius 2 is 2.21 bits per heavy atom. The molecule has 1 aromatic carbocycles. The van der Waals surface area contributed by atoms with Crippen molar-refractivity contribution in [2.45, 2.75) is 13.5 Å². The molecular weight excluding hydrogens is 266 g/mol. The summed E-state index contributed by atoms with van der Waals surface area (Å²) < 4.78 is 0. The summed E-state index contributed by atoms with van der Waals surface area (Å²) in [6.07, 6.45) is 0. The minimum atomic E-state index is -0.513. The monoisotopic (exact) mass is 281 g/mol. The van der Waals surface area contributed by atoms with E-state index in [4.69, 9.17) is 12.2 Å². The zero-order valence-corrected chi connectivity index (χ0v) is 11.3. The van der Waals surface area contributed by atoms with E-state index in [9.17, 15) is 15.2 Å². The molecule has 0 aromatic heterocycles. The highest BCUT2D eigenvalue weighted by Gasteiger charge is 2.10. The molecule has 0 spiro atoms. The standard InChI is InChI=1S/C12H15N3O3S/c1-8(2)6-13-12(19)14-7-9-5-10(15(17)18)3-4-11(9)16/h3-5,16H,1,6-7H2,2H3,(H2,13,14,19). The number of thiocarbonyl (C=S) groups is 1. The lowest BCUT2D eigenvalue weighted by Gasteiger charge is -2.11. The van der Waals surface area contributed by atoms with Crippen LogP contribution in [0.2, 0.25) is 0 Å². The van der Waals surface area contributed by atoms with E-state index >= 15 is 0 Å². The normalized spacial score (nSPS) is 9.74. The average molecular weight is 281 g/mol. The lowest BCUT2D eigenvalue weighted by atomic mass is 10.2. The van der Waals surface area contributed by atoms with Crippen LogP contribution in [-0.4, -0.2) is 21.7 Å². The number of benzene rings is 1. The Kier molecular flexibility index (Phi) is 5.25. The van der Waals surface area contributed by atoms with Gasteiger partial charge in [0.1, 0.15) is 5.75 Å². The van der Waals surface area contributed by atoms with Crippen LogP contribution in [-0.2, 0) is 6.54 Å². The van der Waals surface area contributed by atoms with Gasteiger partial charge in [-0.25, -0.2) is 0 Å². The molecule has 7 heteroatoms. The SMILES string of the molecule is C=C(C)CNC(=S)NCc1cc([N+](=O)[O-])ccc1O. The number of aromatic hydroxyl groups is 1. The van der Waals surface area contributed by atoms with Crippen molar-refractivity contribution in [3.8, 4) is 5.75 Å². The molecule has 0 saturated carbocycles. The molecule has 0 atom stereocenters. The molecule has 3 N–H and O–H groups in total. The van der Waals surface area contributed by atoms with E-state index in [1.165, 1.54) is 18.2 Å². The molecule has 102 valence electrons. The summed E-state index contributed by atoms with van der Waals surface area (Å²) in [6.45, 7) is 6.34. The topological polar surface area (TPSA) is 87.4 Å². The predicted octanol–water partition coefficient (Wildman–Crippen LogP) is 1.84. The summed E-state index contributed by atoms with van der Waals surface area (Å²) in [5.41, 5.74) is 1.27. The number of nitrogens with one attached hydrogen (secondary N) is 2. The van der Waals surface area contributed by atoms with Crippen molar-refractivity contribution in [2.75, 3.05) is 6.54 Å². The third kappa shape index (κ3) is 4.92. The Morgan fingerprint density at radius 3 is 2.79 bits per heavy atom. The minimum Gasteiger partial charge on any atom is -0.508 e. The number of hydrogen-bond donors (Lipinski definition) is 3. The highest BCUT2D eigenvalue weighted by Crippen LogP contribution is 2.22. The van der Waals surface area contributed by atoms with Gasteiger partial charge in [-0.2, -0.15) is 0 Å². The Balaban J connectivity index is 2.62. The van der Waals surface area contributed by atoms with Crippen molar-refractivity contribution in [3.63, 3.8) is 0 Å². The Labute approximate surface area is 116 Å². The van der Waals surface area contributed by atoms with Gasteiger partial charge >= 0.3 is 0 Å². The van der Waals surface area contributed by atoms with E-state index in [-0.39, 0.29) is 18.0 Å². The second-order valence-electron chi connectivity index (χ2n) is 4.06. The van der Waals surface area contributed by atoms with E-state index in [0.717, 1.165) is 5.57 Å². The van der Waals surface area contributed by atoms with Crippen LogP contribution in [0.4, 0.5) is 5.69 Å². The minimum absolute atomic E-state index is 0.0131. The molecular formula is C12H15N3O3S. The van der Waals surface area contributed by atoms with Gasteiger partial charge in [0.2, 0.25) is 0 Å². The van der Waals surface area contributed by atoms with E-state index in [0.29, 0.717) is 17.2 Å². The number of non-ortho nitro benzene ring substituents is 1. The quantitative estimate of drug-likeness (QED) is 0.330. The van der Waals surface area contributed by atoms with Gasteiger partial charge in [-0.3, -0.25) is 10.1 Å². The Bertz CT molecular complexity index is 517. The molecule has 19 heavy (non-hydrogen) atoms. The van der Waals surface area contributed by atoms with Crippen LogP contribution < -0.4 is 10.6 Å². The Hall–Kier alpha value is -2.15. The fourth-order valence-electron chi connectivity index (χ4n) is 1.30. The maximum absolute atomic E-state index is 10.6. The van der Waals surface area contributed by atoms with Gasteiger partial charge in [-0.05, 0) is 25.2 Å². The van der Waals surface area contributed by atoms with E-state index < -0.39 is 4.92 Å². The van der Waals surface area contributed by atoms with Crippen molar-refractivity contribution >= 4 is 23.0 Å². The second-order valence-corrected chi connectivity index (χ2v) is 4.47. The molecule has 0 heterocycles. The first-order valence-electron chi connectivity index (χ1n) is 5.52. The lowest BCUT2D eigenvalue weighted by molar-refractivity contribution is -0.384. The van der Waals surface area contributed by atoms with Crippen molar-refractivity contribution in [3.05, 3.63) is 46.0 Å². The van der Waals surface area contributed by atoms with E-state index in [2.05, 4.69) is 17.2 Å². The molecule has 0 aliphatic heterocycles. The third-order valence-electron chi connectivity index (χ3n) is 2.26. The van der Waals surface area contributed by atoms with E-state index in [1.54, 1.807) is 0 Å². The van der Waals surface area contributed by atoms with Gasteiger partial charge < -0.3 is 15.7 Å². The number of rotatable bonds is 5. The number of nitro groups is 1. The molecule has 0 aliphatic rings. The summed E-state index contributed by atoms with van der Waals surface area (Å²) >= 11 is 5.02. The van der Waals surface area contributed by atoms with Crippen molar-refractivity contribution < 1.29 is 10.0 Å². The molecule has 0 radical (unpaired) electrons. The summed E-state index contributed by atoms with van der Waals surface area (Å²) in [6, 6.07) is 3.85. The van der Waals surface area contributed by atoms with Crippen molar-refractivity contribution in [2.24, 2.45) is 0 Å². The number of phenolic OH excluding ortho intramolecular Hbond substituents is 1. The molecule has 0 saturated heterocycles. The zero-order valence-electron chi connectivity index (χ0n) is 10.5. The van der Waals surface area contributed by atoms with Gasteiger partial charge in [-0.15, -0.1) is 0 Å². The largest absolute Gasteiger partial charge is 0.508 e. The smallest absolute Gasteiger partial charge is 0.270 e. The second kappa shape index (κ2) is 6.69. The van der Waals surface area contributed by atoms with Crippen LogP contribution in [0.3, 0.4) is 0 Å². The van der Waals surface area contributed by atoms with Crippen LogP contribution >= 0.6 is 12.2 Å². The van der Waals surface area contributed by atoms with Crippen LogP contribution in [0.1, 0.15) is 12.5 Å². The molecule has 1 rings (SSSR count). The molecule has 0 fully saturated rings. The van der Waals surface area contributed by atoms with Crippen molar-refractivity contribution in [1.29, 1.82) is 0 Å². The predicted molar refractivity (Wildman–Crippen MR) is 77.0 cm³/mol. The highest BCUT2D eigenvalue weighted by molar-refractivity contribution is 7.80. The maximum atomic E-state index is 10.6. The fourth-order valence-corrected chi connectivity index (χ4v) is 1.44. The highest BCUT2D eigenvalue weighted by atomic mass is 32.1. The van der Waals surface area contributed by atoms with Gasteiger partial charge in [-0.1, -0.05) is 12.2 Å². The van der Waals surface area contributed by atoms with Crippen LogP contribution in [0.5, 0.6) is 5.75 Å². The average Bonchev–Trinajstić information content (AvgIpc) is 2.35. The van der Waals surface area contributed by atoms with Crippen LogP contribution in [0, 0.1) is 10.1 Å². The van der Waals surface area contributed by atoms with Crippen molar-refractivity contribution in [1.82, 2.24) is 10.6 Å². The number of hydrogen-bond acceptors (Lipinski definition) is 4. The maximum Gasteiger partial charge on any atom is 0.270 e. The van der Waals surface area contributed by atoms with Gasteiger partial charge in [0, 0.05) is 30.8 Å². The molecule has 0 bridgehead atoms. The van der Waals surface area contributed by atoms with Gasteiger partial charge in [0.15, 0.2) is 5.11 Å². The molecule has 1 aromatic rings. The summed E-state index contributed by atoms with van der Waals surface area (Å²) in [4.78, 5) is 10.1. The number of nitro benzene ring substituents is 1. The molecule has 6 nitrogen and oxygen atoms in total. The first-order valence-corrected chi connectivity index (χ1v) is 5.93. The lowest BCUT2D eigenvalue weighted by Crippen LogP contribution is -2.35. The zero-order chi connectivity index (χ0) is 14.4. The summed E-state index contributed by atoms with van der Waals surface area (Å²) in [5.74, 6) is -0.0131. The third-order valence-corrected chi connectivity index (χ3v) is 2.55. The first-order chi connectivity index (χ1) is 8.90. The fraction of sp³-hybridized carbons (Fsp3) is 0.250. The van der Waals surface area contributed by atoms with Gasteiger partial charge in [0.25, 0.3) is 5.69 Å². The summed E-state index contributed by atoms with van der Waals surface area (Å²) in [5, 5.41) is 26.4. The summed E-state index contributed by atoms with van der Waals surface area (Å²) in [7, 11) is 0. The molecule has 0 unspecified atom stereocenters. The first kappa shape index (κ1) is 14.9. The number of phenols is 1. The van der Waals surface area contributed by atoms with Crippen LogP contribution in [0.25, 0.3) is 0 Å². The van der Waals surface area contributed by atoms with Crippen LogP contribution in [0.15, 0.2) is 30.4 Å². The molecule has 0 aliphatic carbocycles.